The van der Waals surface area contributed by atoms with E-state index in [9.17, 15) is 14.4 Å². The minimum absolute atomic E-state index is 0.0979. The first-order valence-corrected chi connectivity index (χ1v) is 31.7. The van der Waals surface area contributed by atoms with Gasteiger partial charge in [-0.05, 0) is 96.3 Å². The van der Waals surface area contributed by atoms with Gasteiger partial charge in [-0.25, -0.2) is 0 Å². The summed E-state index contributed by atoms with van der Waals surface area (Å²) in [6.07, 6.45) is 84.2. The van der Waals surface area contributed by atoms with Crippen LogP contribution in [0.2, 0.25) is 0 Å². The third kappa shape index (κ3) is 61.1. The summed E-state index contributed by atoms with van der Waals surface area (Å²) in [4.78, 5) is 38.3. The van der Waals surface area contributed by atoms with Crippen LogP contribution in [-0.4, -0.2) is 37.2 Å². The largest absolute Gasteiger partial charge is 0.462 e. The Bertz CT molecular complexity index is 1480. The molecule has 0 rings (SSSR count). The van der Waals surface area contributed by atoms with E-state index in [4.69, 9.17) is 14.2 Å². The molecule has 0 aromatic carbocycles. The van der Waals surface area contributed by atoms with Crippen molar-refractivity contribution in [3.05, 3.63) is 97.2 Å². The summed E-state index contributed by atoms with van der Waals surface area (Å²) in [5.74, 6) is -0.946. The van der Waals surface area contributed by atoms with Gasteiger partial charge < -0.3 is 14.2 Å². The van der Waals surface area contributed by atoms with Crippen LogP contribution in [0.4, 0.5) is 0 Å². The van der Waals surface area contributed by atoms with Gasteiger partial charge in [0, 0.05) is 19.3 Å². The molecule has 0 spiro atoms. The van der Waals surface area contributed by atoms with Crippen molar-refractivity contribution in [2.24, 2.45) is 0 Å². The SMILES string of the molecule is CC/C=C\C/C=C\C/C=C\C/C=C\C/C=C\C/C=C\CCCCC(=O)OC(COC(=O)CCCCCCC/C=C\C/C=C\CCCC)COC(=O)CCCCCCCCCCCCCCCCCCCCCCCC. The zero-order valence-corrected chi connectivity index (χ0v) is 49.3. The Morgan fingerprint density at radius 3 is 0.880 bits per heavy atom. The molecule has 0 radical (unpaired) electrons. The highest BCUT2D eigenvalue weighted by Crippen LogP contribution is 2.17. The first-order chi connectivity index (χ1) is 37.0. The zero-order valence-electron chi connectivity index (χ0n) is 49.3. The summed E-state index contributed by atoms with van der Waals surface area (Å²) in [6, 6.07) is 0. The van der Waals surface area contributed by atoms with E-state index < -0.39 is 6.10 Å². The molecule has 0 aliphatic heterocycles. The van der Waals surface area contributed by atoms with E-state index in [0.717, 1.165) is 116 Å². The van der Waals surface area contributed by atoms with Gasteiger partial charge in [-0.1, -0.05) is 285 Å². The number of ether oxygens (including phenoxy) is 3. The number of hydrogen-bond donors (Lipinski definition) is 0. The Kier molecular flexibility index (Phi) is 59.8. The van der Waals surface area contributed by atoms with Crippen molar-refractivity contribution in [3.63, 3.8) is 0 Å². The van der Waals surface area contributed by atoms with E-state index in [1.54, 1.807) is 0 Å². The lowest BCUT2D eigenvalue weighted by Crippen LogP contribution is -2.30. The van der Waals surface area contributed by atoms with Gasteiger partial charge in [-0.15, -0.1) is 0 Å². The molecule has 1 unspecified atom stereocenters. The van der Waals surface area contributed by atoms with Gasteiger partial charge >= 0.3 is 17.9 Å². The first kappa shape index (κ1) is 71.3. The van der Waals surface area contributed by atoms with Gasteiger partial charge in [-0.3, -0.25) is 14.4 Å². The number of rotatable bonds is 57. The molecule has 0 aliphatic carbocycles. The average Bonchev–Trinajstić information content (AvgIpc) is 3.41. The van der Waals surface area contributed by atoms with Gasteiger partial charge in [0.2, 0.25) is 0 Å². The summed E-state index contributed by atoms with van der Waals surface area (Å²) in [6.45, 7) is 6.47. The second-order valence-corrected chi connectivity index (χ2v) is 20.9. The van der Waals surface area contributed by atoms with Crippen LogP contribution in [0.1, 0.15) is 303 Å². The number of unbranched alkanes of at least 4 members (excludes halogenated alkanes) is 30. The minimum atomic E-state index is -0.807. The van der Waals surface area contributed by atoms with Crippen LogP contribution in [-0.2, 0) is 28.6 Å². The summed E-state index contributed by atoms with van der Waals surface area (Å²) >= 11 is 0. The highest BCUT2D eigenvalue weighted by atomic mass is 16.6. The summed E-state index contributed by atoms with van der Waals surface area (Å²) in [7, 11) is 0. The predicted molar refractivity (Wildman–Crippen MR) is 325 cm³/mol. The molecule has 0 aliphatic rings. The van der Waals surface area contributed by atoms with Gasteiger partial charge in [0.1, 0.15) is 13.2 Å². The fraction of sp³-hybridized carbons (Fsp3) is 0.725. The molecular formula is C69H118O6. The molecule has 6 nitrogen and oxygen atoms in total. The second kappa shape index (κ2) is 62.9. The Labute approximate surface area is 464 Å². The summed E-state index contributed by atoms with van der Waals surface area (Å²) < 4.78 is 16.9. The van der Waals surface area contributed by atoms with Crippen LogP contribution in [0, 0.1) is 0 Å². The average molecular weight is 1040 g/mol. The lowest BCUT2D eigenvalue weighted by Gasteiger charge is -2.18. The van der Waals surface area contributed by atoms with Gasteiger partial charge in [0.15, 0.2) is 6.10 Å². The van der Waals surface area contributed by atoms with E-state index >= 15 is 0 Å². The molecule has 0 aromatic rings. The molecule has 0 bridgehead atoms. The third-order valence-corrected chi connectivity index (χ3v) is 13.6. The molecule has 0 heterocycles. The number of hydrogen-bond acceptors (Lipinski definition) is 6. The first-order valence-electron chi connectivity index (χ1n) is 31.7. The molecule has 0 saturated carbocycles. The van der Waals surface area contributed by atoms with Crippen molar-refractivity contribution in [1.29, 1.82) is 0 Å². The number of carbonyl (C=O) groups excluding carboxylic acids is 3. The smallest absolute Gasteiger partial charge is 0.306 e. The van der Waals surface area contributed by atoms with E-state index in [1.165, 1.54) is 141 Å². The lowest BCUT2D eigenvalue weighted by atomic mass is 10.0. The minimum Gasteiger partial charge on any atom is -0.462 e. The molecule has 0 aromatic heterocycles. The van der Waals surface area contributed by atoms with Crippen molar-refractivity contribution in [3.8, 4) is 0 Å². The lowest BCUT2D eigenvalue weighted by molar-refractivity contribution is -0.167. The van der Waals surface area contributed by atoms with Crippen LogP contribution in [0.25, 0.3) is 0 Å². The van der Waals surface area contributed by atoms with Crippen molar-refractivity contribution < 1.29 is 28.6 Å². The maximum Gasteiger partial charge on any atom is 0.306 e. The van der Waals surface area contributed by atoms with Crippen molar-refractivity contribution in [2.75, 3.05) is 13.2 Å². The fourth-order valence-corrected chi connectivity index (χ4v) is 8.82. The summed E-state index contributed by atoms with van der Waals surface area (Å²) in [5, 5.41) is 0. The highest BCUT2D eigenvalue weighted by molar-refractivity contribution is 5.71. The molecule has 75 heavy (non-hydrogen) atoms. The third-order valence-electron chi connectivity index (χ3n) is 13.6. The fourth-order valence-electron chi connectivity index (χ4n) is 8.82. The zero-order chi connectivity index (χ0) is 54.3. The number of esters is 3. The van der Waals surface area contributed by atoms with E-state index in [0.29, 0.717) is 19.3 Å². The molecule has 0 amide bonds. The Morgan fingerprint density at radius 1 is 0.280 bits per heavy atom. The summed E-state index contributed by atoms with van der Waals surface area (Å²) in [5.41, 5.74) is 0. The Morgan fingerprint density at radius 2 is 0.533 bits per heavy atom. The van der Waals surface area contributed by atoms with Crippen LogP contribution >= 0.6 is 0 Å². The molecule has 1 atom stereocenters. The van der Waals surface area contributed by atoms with Crippen molar-refractivity contribution in [1.82, 2.24) is 0 Å². The van der Waals surface area contributed by atoms with Crippen LogP contribution in [0.15, 0.2) is 97.2 Å². The molecule has 430 valence electrons. The van der Waals surface area contributed by atoms with Crippen LogP contribution < -0.4 is 0 Å². The van der Waals surface area contributed by atoms with Crippen LogP contribution in [0.5, 0.6) is 0 Å². The van der Waals surface area contributed by atoms with E-state index in [2.05, 4.69) is 118 Å². The Hall–Kier alpha value is -3.67. The molecular weight excluding hydrogens is 925 g/mol. The number of allylic oxidation sites excluding steroid dienone is 16. The molecule has 6 heteroatoms. The topological polar surface area (TPSA) is 78.9 Å². The second-order valence-electron chi connectivity index (χ2n) is 20.9. The van der Waals surface area contributed by atoms with Crippen LogP contribution in [0.3, 0.4) is 0 Å². The van der Waals surface area contributed by atoms with E-state index in [-0.39, 0.29) is 37.5 Å². The molecule has 0 N–H and O–H groups in total. The van der Waals surface area contributed by atoms with Gasteiger partial charge in [0.05, 0.1) is 0 Å². The maximum atomic E-state index is 12.9. The van der Waals surface area contributed by atoms with Gasteiger partial charge in [0.25, 0.3) is 0 Å². The maximum absolute atomic E-state index is 12.9. The van der Waals surface area contributed by atoms with E-state index in [1.807, 2.05) is 0 Å². The van der Waals surface area contributed by atoms with Gasteiger partial charge in [-0.2, -0.15) is 0 Å². The highest BCUT2D eigenvalue weighted by Gasteiger charge is 2.19. The predicted octanol–water partition coefficient (Wildman–Crippen LogP) is 21.7. The quantitative estimate of drug-likeness (QED) is 0.0261. The monoisotopic (exact) mass is 1040 g/mol. The normalized spacial score (nSPS) is 12.7. The van der Waals surface area contributed by atoms with Crippen molar-refractivity contribution >= 4 is 17.9 Å². The number of carbonyl (C=O) groups is 3. The molecule has 0 fully saturated rings. The molecule has 0 saturated heterocycles. The standard InChI is InChI=1S/C69H118O6/c1-4-7-10-13-16-19-22-25-28-30-32-34-36-37-39-41-44-47-50-53-56-59-62-68(71)74-65-66(64-73-67(70)61-58-55-52-49-46-43-27-24-21-18-15-12-9-6-3)75-69(72)63-60-57-54-51-48-45-42-40-38-35-33-31-29-26-23-20-17-14-11-8-5-2/h8,11,15,17-18,20,24,26-27,29,33,35,40,42,48,51,66H,4-7,9-10,12-14,16,19,21-23,25,28,30-32,34,36-39,41,43-47,49-50,52-65H2,1-3H3/b11-8-,18-15-,20-17-,27-24-,29-26-,35-33-,42-40-,51-48-. The Balaban J connectivity index is 4.42. The van der Waals surface area contributed by atoms with Crippen molar-refractivity contribution in [2.45, 2.75) is 309 Å².